The van der Waals surface area contributed by atoms with Crippen molar-refractivity contribution in [2.24, 2.45) is 11.5 Å². The van der Waals surface area contributed by atoms with Crippen LogP contribution < -0.4 is 16.8 Å². The predicted molar refractivity (Wildman–Crippen MR) is 98.3 cm³/mol. The van der Waals surface area contributed by atoms with Gasteiger partial charge in [-0.3, -0.25) is 9.59 Å². The van der Waals surface area contributed by atoms with Gasteiger partial charge in [-0.15, -0.1) is 0 Å². The van der Waals surface area contributed by atoms with Gasteiger partial charge in [0.1, 0.15) is 6.04 Å². The molecule has 0 spiro atoms. The van der Waals surface area contributed by atoms with E-state index in [0.29, 0.717) is 31.9 Å². The summed E-state index contributed by atoms with van der Waals surface area (Å²) in [5.74, 6) is 1.16. The van der Waals surface area contributed by atoms with Gasteiger partial charge in [0.05, 0.1) is 0 Å². The van der Waals surface area contributed by atoms with Gasteiger partial charge in [0.25, 0.3) is 0 Å². The van der Waals surface area contributed by atoms with E-state index in [-0.39, 0.29) is 11.8 Å². The van der Waals surface area contributed by atoms with Crippen molar-refractivity contribution in [3.63, 3.8) is 0 Å². The lowest BCUT2D eigenvalue weighted by Crippen LogP contribution is -2.50. The number of rotatable bonds is 13. The van der Waals surface area contributed by atoms with Crippen LogP contribution in [0.2, 0.25) is 0 Å². The molecule has 0 aliphatic heterocycles. The molecule has 0 aliphatic carbocycles. The van der Waals surface area contributed by atoms with Gasteiger partial charge in [-0.25, -0.2) is 0 Å². The van der Waals surface area contributed by atoms with Gasteiger partial charge in [0, 0.05) is 31.5 Å². The molecular weight excluding hydrogens is 312 g/mol. The first-order chi connectivity index (χ1) is 11.1. The number of allylic oxidation sites excluding steroid dienone is 1. The van der Waals surface area contributed by atoms with Gasteiger partial charge in [-0.1, -0.05) is 19.1 Å². The zero-order valence-electron chi connectivity index (χ0n) is 14.4. The zero-order valence-corrected chi connectivity index (χ0v) is 15.2. The summed E-state index contributed by atoms with van der Waals surface area (Å²) in [6.07, 6.45) is 6.67. The summed E-state index contributed by atoms with van der Waals surface area (Å²) in [7, 11) is 0. The van der Waals surface area contributed by atoms with Crippen LogP contribution in [0, 0.1) is 0 Å². The van der Waals surface area contributed by atoms with Crippen LogP contribution in [0.1, 0.15) is 33.1 Å². The van der Waals surface area contributed by atoms with E-state index in [9.17, 15) is 9.59 Å². The summed E-state index contributed by atoms with van der Waals surface area (Å²) < 4.78 is 0. The summed E-state index contributed by atoms with van der Waals surface area (Å²) in [6, 6.07) is -0.497. The Kier molecular flexibility index (Phi) is 13.9. The highest BCUT2D eigenvalue weighted by atomic mass is 32.2. The molecule has 0 saturated carbocycles. The molecule has 0 rings (SSSR count). The number of nitrogens with one attached hydrogen (secondary N) is 1. The van der Waals surface area contributed by atoms with Crippen molar-refractivity contribution in [3.8, 4) is 0 Å². The van der Waals surface area contributed by atoms with Gasteiger partial charge in [-0.2, -0.15) is 11.8 Å². The molecule has 0 fully saturated rings. The molecule has 0 saturated heterocycles. The van der Waals surface area contributed by atoms with Crippen molar-refractivity contribution in [2.45, 2.75) is 39.2 Å². The highest BCUT2D eigenvalue weighted by Gasteiger charge is 2.24. The Bertz CT molecular complexity index is 356. The number of nitrogens with two attached hydrogens (primary N) is 2. The number of amides is 2. The predicted octanol–water partition coefficient (Wildman–Crippen LogP) is 0.717. The fourth-order valence-electron chi connectivity index (χ4n) is 2.03. The minimum absolute atomic E-state index is 0.0472. The lowest BCUT2D eigenvalue weighted by atomic mass is 10.2. The third kappa shape index (κ3) is 11.2. The van der Waals surface area contributed by atoms with Crippen molar-refractivity contribution in [1.82, 2.24) is 10.2 Å². The lowest BCUT2D eigenvalue weighted by molar-refractivity contribution is -0.135. The van der Waals surface area contributed by atoms with Crippen LogP contribution in [0.25, 0.3) is 0 Å². The number of hydrogen-bond donors (Lipinski definition) is 3. The molecule has 0 radical (unpaired) electrons. The Hall–Kier alpha value is -1.05. The summed E-state index contributed by atoms with van der Waals surface area (Å²) in [5.41, 5.74) is 11.1. The maximum absolute atomic E-state index is 12.7. The molecular formula is C16H32N4O2S. The quantitative estimate of drug-likeness (QED) is 0.337. The number of hydrogen-bond acceptors (Lipinski definition) is 5. The van der Waals surface area contributed by atoms with Crippen LogP contribution in [0.4, 0.5) is 0 Å². The Morgan fingerprint density at radius 1 is 1.17 bits per heavy atom. The highest BCUT2D eigenvalue weighted by Crippen LogP contribution is 2.08. The molecule has 7 heteroatoms. The first kappa shape index (κ1) is 21.9. The molecule has 2 amide bonds. The van der Waals surface area contributed by atoms with Crippen molar-refractivity contribution in [1.29, 1.82) is 0 Å². The first-order valence-electron chi connectivity index (χ1n) is 8.25. The van der Waals surface area contributed by atoms with Gasteiger partial charge in [0.15, 0.2) is 0 Å². The third-order valence-electron chi connectivity index (χ3n) is 3.15. The molecule has 0 aliphatic rings. The second-order valence-corrected chi connectivity index (χ2v) is 6.35. The maximum atomic E-state index is 12.7. The van der Waals surface area contributed by atoms with Gasteiger partial charge < -0.3 is 21.7 Å². The molecule has 5 N–H and O–H groups in total. The normalized spacial score (nSPS) is 12.3. The summed E-state index contributed by atoms with van der Waals surface area (Å²) >= 11 is 1.64. The van der Waals surface area contributed by atoms with E-state index < -0.39 is 6.04 Å². The number of carbonyl (C=O) groups is 2. The van der Waals surface area contributed by atoms with Gasteiger partial charge in [0.2, 0.25) is 11.8 Å². The number of thioether (sulfide) groups is 1. The van der Waals surface area contributed by atoms with E-state index in [1.54, 1.807) is 16.7 Å². The summed E-state index contributed by atoms with van der Waals surface area (Å²) in [4.78, 5) is 25.9. The largest absolute Gasteiger partial charge is 0.344 e. The average Bonchev–Trinajstić information content (AvgIpc) is 2.52. The molecule has 6 nitrogen and oxygen atoms in total. The van der Waals surface area contributed by atoms with E-state index in [4.69, 9.17) is 11.5 Å². The van der Waals surface area contributed by atoms with Crippen molar-refractivity contribution in [2.75, 3.05) is 37.7 Å². The monoisotopic (exact) mass is 344 g/mol. The van der Waals surface area contributed by atoms with E-state index in [1.165, 1.54) is 6.92 Å². The maximum Gasteiger partial charge on any atom is 0.246 e. The fourth-order valence-corrected chi connectivity index (χ4v) is 2.90. The second-order valence-electron chi connectivity index (χ2n) is 5.28. The first-order valence-corrected chi connectivity index (χ1v) is 9.41. The number of carbonyl (C=O) groups excluding carboxylic acids is 2. The topological polar surface area (TPSA) is 101 Å². The van der Waals surface area contributed by atoms with Crippen LogP contribution in [0.15, 0.2) is 12.2 Å². The summed E-state index contributed by atoms with van der Waals surface area (Å²) in [5, 5.41) is 2.77. The van der Waals surface area contributed by atoms with Crippen molar-refractivity contribution in [3.05, 3.63) is 12.2 Å². The summed E-state index contributed by atoms with van der Waals surface area (Å²) in [6.45, 7) is 5.79. The molecule has 0 unspecified atom stereocenters. The Morgan fingerprint density at radius 2 is 1.78 bits per heavy atom. The molecule has 23 heavy (non-hydrogen) atoms. The molecule has 0 aromatic heterocycles. The Balaban J connectivity index is 4.68. The van der Waals surface area contributed by atoms with Crippen LogP contribution in [-0.2, 0) is 9.59 Å². The molecule has 0 bridgehead atoms. The highest BCUT2D eigenvalue weighted by molar-refractivity contribution is 7.99. The lowest BCUT2D eigenvalue weighted by Gasteiger charge is -2.27. The van der Waals surface area contributed by atoms with Gasteiger partial charge in [-0.05, 0) is 32.4 Å². The van der Waals surface area contributed by atoms with Gasteiger partial charge >= 0.3 is 0 Å². The van der Waals surface area contributed by atoms with E-state index in [2.05, 4.69) is 24.4 Å². The zero-order chi connectivity index (χ0) is 17.5. The van der Waals surface area contributed by atoms with Crippen LogP contribution in [0.5, 0.6) is 0 Å². The van der Waals surface area contributed by atoms with E-state index in [0.717, 1.165) is 25.0 Å². The SMILES string of the molecule is CC/C=C\CSC[C@@H](NC(C)=O)C(=O)N(CCCN)CCCN. The fraction of sp³-hybridized carbons (Fsp3) is 0.750. The number of nitrogens with zero attached hydrogens (tertiary/aromatic N) is 1. The molecule has 0 aromatic carbocycles. The van der Waals surface area contributed by atoms with E-state index >= 15 is 0 Å². The molecule has 0 heterocycles. The standard InChI is InChI=1S/C16H32N4O2S/c1-3-4-5-12-23-13-15(19-14(2)21)16(22)20(10-6-8-17)11-7-9-18/h4-5,15H,3,6-13,17-18H2,1-2H3,(H,19,21)/b5-4-/t15-/m1/s1. The van der Waals surface area contributed by atoms with Crippen LogP contribution in [-0.4, -0.2) is 60.4 Å². The Labute approximate surface area is 144 Å². The third-order valence-corrected chi connectivity index (χ3v) is 4.15. The van der Waals surface area contributed by atoms with Crippen LogP contribution >= 0.6 is 11.8 Å². The van der Waals surface area contributed by atoms with E-state index in [1.807, 2.05) is 0 Å². The second kappa shape index (κ2) is 14.5. The Morgan fingerprint density at radius 3 is 2.26 bits per heavy atom. The van der Waals surface area contributed by atoms with Crippen molar-refractivity contribution >= 4 is 23.6 Å². The smallest absolute Gasteiger partial charge is 0.246 e. The van der Waals surface area contributed by atoms with Crippen LogP contribution in [0.3, 0.4) is 0 Å². The average molecular weight is 345 g/mol. The van der Waals surface area contributed by atoms with Crippen molar-refractivity contribution < 1.29 is 9.59 Å². The molecule has 134 valence electrons. The minimum Gasteiger partial charge on any atom is -0.344 e. The molecule has 0 aromatic rings. The molecule has 1 atom stereocenters. The minimum atomic E-state index is -0.497.